The Kier molecular flexibility index (Phi) is 6.86. The summed E-state index contributed by atoms with van der Waals surface area (Å²) in [4.78, 5) is 22.0. The van der Waals surface area contributed by atoms with Crippen LogP contribution in [0.2, 0.25) is 0 Å². The van der Waals surface area contributed by atoms with Gasteiger partial charge in [-0.05, 0) is 61.4 Å². The Balaban J connectivity index is 1.61. The molecule has 196 valence electrons. The molecule has 3 heterocycles. The highest BCUT2D eigenvalue weighted by Crippen LogP contribution is 2.37. The number of fused-ring (bicyclic) bond motifs is 1. The van der Waals surface area contributed by atoms with Gasteiger partial charge in [-0.2, -0.15) is 10.5 Å². The maximum absolute atomic E-state index is 13.8. The molecule has 0 spiro atoms. The van der Waals surface area contributed by atoms with Crippen molar-refractivity contribution < 1.29 is 8.78 Å². The number of nitriles is 2. The molecule has 39 heavy (non-hydrogen) atoms. The lowest BCUT2D eigenvalue weighted by atomic mass is 9.93. The van der Waals surface area contributed by atoms with E-state index in [0.29, 0.717) is 29.8 Å². The van der Waals surface area contributed by atoms with Crippen LogP contribution >= 0.6 is 0 Å². The lowest BCUT2D eigenvalue weighted by molar-refractivity contribution is 0.130. The van der Waals surface area contributed by atoms with Crippen molar-refractivity contribution in [2.24, 2.45) is 7.05 Å². The van der Waals surface area contributed by atoms with Gasteiger partial charge in [-0.15, -0.1) is 0 Å². The van der Waals surface area contributed by atoms with Crippen LogP contribution in [0, 0.1) is 34.3 Å². The minimum Gasteiger partial charge on any atom is -0.363 e. The Morgan fingerprint density at radius 3 is 2.00 bits per heavy atom. The molecule has 0 saturated carbocycles. The summed E-state index contributed by atoms with van der Waals surface area (Å²) in [5.41, 5.74) is 2.86. The first-order valence-corrected chi connectivity index (χ1v) is 12.6. The molecule has 2 aromatic carbocycles. The van der Waals surface area contributed by atoms with Crippen LogP contribution in [0.1, 0.15) is 42.3 Å². The average Bonchev–Trinajstić information content (AvgIpc) is 2.94. The Hall–Kier alpha value is -4.60. The van der Waals surface area contributed by atoms with Crippen molar-refractivity contribution in [3.63, 3.8) is 0 Å². The lowest BCUT2D eigenvalue weighted by Crippen LogP contribution is -2.58. The summed E-state index contributed by atoms with van der Waals surface area (Å²) in [5.74, 6) is -0.678. The van der Waals surface area contributed by atoms with Gasteiger partial charge in [0.05, 0.1) is 17.2 Å². The van der Waals surface area contributed by atoms with E-state index in [4.69, 9.17) is 0 Å². The van der Waals surface area contributed by atoms with Crippen LogP contribution < -0.4 is 10.5 Å². The average molecular weight is 525 g/mol. The summed E-state index contributed by atoms with van der Waals surface area (Å²) in [6.07, 6.45) is 0. The van der Waals surface area contributed by atoms with E-state index in [2.05, 4.69) is 16.0 Å². The Morgan fingerprint density at radius 2 is 1.46 bits per heavy atom. The van der Waals surface area contributed by atoms with Gasteiger partial charge in [0.1, 0.15) is 40.5 Å². The Bertz CT molecular complexity index is 1640. The minimum absolute atomic E-state index is 0.0197. The molecule has 1 saturated heterocycles. The molecule has 0 N–H and O–H groups in total. The highest BCUT2D eigenvalue weighted by atomic mass is 19.1. The highest BCUT2D eigenvalue weighted by Gasteiger charge is 2.37. The third kappa shape index (κ3) is 4.62. The third-order valence-electron chi connectivity index (χ3n) is 7.47. The topological polar surface area (TPSA) is 89.0 Å². The molecular weight excluding hydrogens is 498 g/mol. The van der Waals surface area contributed by atoms with E-state index >= 15 is 0 Å². The lowest BCUT2D eigenvalue weighted by Gasteiger charge is -2.48. The summed E-state index contributed by atoms with van der Waals surface area (Å²) >= 11 is 0. The van der Waals surface area contributed by atoms with E-state index in [0.717, 1.165) is 11.1 Å². The van der Waals surface area contributed by atoms with Crippen LogP contribution in [0.5, 0.6) is 0 Å². The van der Waals surface area contributed by atoms with E-state index < -0.39 is 5.56 Å². The van der Waals surface area contributed by atoms with Gasteiger partial charge >= 0.3 is 0 Å². The molecule has 4 aromatic rings. The van der Waals surface area contributed by atoms with E-state index in [9.17, 15) is 24.1 Å². The molecule has 7 nitrogen and oxygen atoms in total. The molecule has 0 radical (unpaired) electrons. The van der Waals surface area contributed by atoms with Crippen molar-refractivity contribution in [2.45, 2.75) is 32.0 Å². The van der Waals surface area contributed by atoms with Gasteiger partial charge in [0.15, 0.2) is 0 Å². The fraction of sp³-hybridized carbons (Fsp3) is 0.267. The first-order valence-electron chi connectivity index (χ1n) is 12.6. The van der Waals surface area contributed by atoms with Gasteiger partial charge < -0.3 is 9.47 Å². The second kappa shape index (κ2) is 10.3. The molecule has 1 aliphatic heterocycles. The molecule has 9 heteroatoms. The van der Waals surface area contributed by atoms with E-state index in [-0.39, 0.29) is 41.0 Å². The van der Waals surface area contributed by atoms with Crippen molar-refractivity contribution in [3.05, 3.63) is 105 Å². The number of anilines is 1. The van der Waals surface area contributed by atoms with Crippen LogP contribution in [0.4, 0.5) is 14.5 Å². The first-order chi connectivity index (χ1) is 18.7. The predicted molar refractivity (Wildman–Crippen MR) is 144 cm³/mol. The van der Waals surface area contributed by atoms with E-state index in [1.807, 2.05) is 24.8 Å². The van der Waals surface area contributed by atoms with Gasteiger partial charge in [0.2, 0.25) is 0 Å². The quantitative estimate of drug-likeness (QED) is 0.386. The number of halogens is 2. The van der Waals surface area contributed by atoms with Crippen LogP contribution in [0.25, 0.3) is 11.0 Å². The van der Waals surface area contributed by atoms with Gasteiger partial charge in [0, 0.05) is 32.2 Å². The van der Waals surface area contributed by atoms with E-state index in [1.54, 1.807) is 43.4 Å². The number of nitrogens with zero attached hydrogens (tertiary/aromatic N) is 6. The van der Waals surface area contributed by atoms with Crippen molar-refractivity contribution in [1.29, 1.82) is 10.5 Å². The van der Waals surface area contributed by atoms with Crippen LogP contribution in [-0.2, 0) is 7.05 Å². The first kappa shape index (κ1) is 26.0. The molecule has 1 aliphatic rings. The van der Waals surface area contributed by atoms with Gasteiger partial charge in [0.25, 0.3) is 5.56 Å². The standard InChI is InChI=1S/C30H26F2N6O/c1-18-17-38(29-25(15-34)30(39)36(3)26-13-12-24(14-33)35-27(26)29)19(2)16-37(18)28(20-4-8-22(31)9-5-20)21-6-10-23(32)11-7-21/h4-13,18-19,28H,16-17H2,1-3H3/t18-,19+/m0/s1. The predicted octanol–water partition coefficient (Wildman–Crippen LogP) is 4.64. The van der Waals surface area contributed by atoms with Crippen LogP contribution in [-0.4, -0.2) is 39.6 Å². The Morgan fingerprint density at radius 1 is 0.872 bits per heavy atom. The summed E-state index contributed by atoms with van der Waals surface area (Å²) in [5, 5.41) is 19.5. The molecular formula is C30H26F2N6O. The number of aromatic nitrogens is 2. The molecule has 1 fully saturated rings. The third-order valence-corrected chi connectivity index (χ3v) is 7.47. The second-order valence-electron chi connectivity index (χ2n) is 9.93. The largest absolute Gasteiger partial charge is 0.363 e. The fourth-order valence-electron chi connectivity index (χ4n) is 5.53. The molecule has 0 amide bonds. The van der Waals surface area contributed by atoms with Gasteiger partial charge in [-0.3, -0.25) is 9.69 Å². The number of benzene rings is 2. The number of hydrogen-bond donors (Lipinski definition) is 0. The monoisotopic (exact) mass is 524 g/mol. The van der Waals surface area contributed by atoms with Crippen LogP contribution in [0.15, 0.2) is 65.5 Å². The van der Waals surface area contributed by atoms with Crippen LogP contribution in [0.3, 0.4) is 0 Å². The molecule has 0 aliphatic carbocycles. The number of piperazine rings is 1. The zero-order valence-electron chi connectivity index (χ0n) is 21.8. The summed E-state index contributed by atoms with van der Waals surface area (Å²) < 4.78 is 29.0. The summed E-state index contributed by atoms with van der Waals surface area (Å²) in [6.45, 7) is 5.03. The molecule has 2 atom stereocenters. The molecule has 0 unspecified atom stereocenters. The van der Waals surface area contributed by atoms with Crippen molar-refractivity contribution in [3.8, 4) is 12.1 Å². The maximum atomic E-state index is 13.8. The van der Waals surface area contributed by atoms with Gasteiger partial charge in [-0.1, -0.05) is 24.3 Å². The summed E-state index contributed by atoms with van der Waals surface area (Å²) in [6, 6.07) is 19.4. The maximum Gasteiger partial charge on any atom is 0.270 e. The minimum atomic E-state index is -0.427. The zero-order valence-corrected chi connectivity index (χ0v) is 21.8. The van der Waals surface area contributed by atoms with Crippen molar-refractivity contribution in [1.82, 2.24) is 14.5 Å². The number of rotatable bonds is 4. The highest BCUT2D eigenvalue weighted by molar-refractivity contribution is 5.92. The van der Waals surface area contributed by atoms with Crippen molar-refractivity contribution >= 4 is 16.7 Å². The molecule has 5 rings (SSSR count). The second-order valence-corrected chi connectivity index (χ2v) is 9.93. The van der Waals surface area contributed by atoms with Crippen molar-refractivity contribution in [2.75, 3.05) is 18.0 Å². The fourth-order valence-corrected chi connectivity index (χ4v) is 5.53. The SMILES string of the molecule is C[C@@H]1CN(C(c2ccc(F)cc2)c2ccc(F)cc2)[C@@H](C)CN1c1c(C#N)c(=O)n(C)c2ccc(C#N)nc12. The number of aryl methyl sites for hydroxylation is 1. The normalized spacial score (nSPS) is 17.8. The molecule has 2 aromatic heterocycles. The van der Waals surface area contributed by atoms with Gasteiger partial charge in [-0.25, -0.2) is 13.8 Å². The smallest absolute Gasteiger partial charge is 0.270 e. The number of pyridine rings is 2. The van der Waals surface area contributed by atoms with E-state index in [1.165, 1.54) is 28.8 Å². The zero-order chi connectivity index (χ0) is 27.8. The Labute approximate surface area is 224 Å². The summed E-state index contributed by atoms with van der Waals surface area (Å²) in [7, 11) is 1.59. The molecule has 0 bridgehead atoms. The number of hydrogen-bond acceptors (Lipinski definition) is 6.